The van der Waals surface area contributed by atoms with Crippen LogP contribution < -0.4 is 4.90 Å². The fraction of sp³-hybridized carbons (Fsp3) is 0.625. The molecule has 2 fully saturated rings. The number of hydrogen-bond acceptors (Lipinski definition) is 7. The molecule has 0 aliphatic carbocycles. The van der Waals surface area contributed by atoms with Crippen LogP contribution in [0.1, 0.15) is 6.92 Å². The molecule has 2 aliphatic rings. The Labute approximate surface area is 147 Å². The molecule has 2 atom stereocenters. The number of ether oxygens (including phenoxy) is 1. The third-order valence-electron chi connectivity index (χ3n) is 4.99. The fourth-order valence-corrected chi connectivity index (χ4v) is 4.55. The third-order valence-corrected chi connectivity index (χ3v) is 6.12. The smallest absolute Gasteiger partial charge is 0.288 e. The standard InChI is InChI=1S/C16H23N3O5S/c1-12-10-18(11-15(12)17-5-7-24-8-6-17)13-3-4-14(19(20)21)16(9-13)25(2,22)23/h3-4,9,12,15H,5-8,10-11H2,1-2H3. The molecule has 8 nitrogen and oxygen atoms in total. The Morgan fingerprint density at radius 1 is 1.24 bits per heavy atom. The summed E-state index contributed by atoms with van der Waals surface area (Å²) in [5.74, 6) is 0.426. The van der Waals surface area contributed by atoms with Crippen LogP contribution in [0.2, 0.25) is 0 Å². The van der Waals surface area contributed by atoms with Gasteiger partial charge in [0.05, 0.1) is 18.1 Å². The molecular formula is C16H23N3O5S. The predicted molar refractivity (Wildman–Crippen MR) is 93.8 cm³/mol. The molecule has 1 aromatic rings. The Hall–Kier alpha value is -1.71. The minimum absolute atomic E-state index is 0.225. The molecule has 2 saturated heterocycles. The molecule has 0 bridgehead atoms. The number of hydrogen-bond donors (Lipinski definition) is 0. The van der Waals surface area contributed by atoms with Crippen molar-refractivity contribution >= 4 is 21.2 Å². The first-order valence-corrected chi connectivity index (χ1v) is 10.2. The molecule has 0 radical (unpaired) electrons. The summed E-state index contributed by atoms with van der Waals surface area (Å²) in [6.07, 6.45) is 1.00. The SMILES string of the molecule is CC1CN(c2ccc([N+](=O)[O-])c(S(C)(=O)=O)c2)CC1N1CCOCC1. The van der Waals surface area contributed by atoms with E-state index in [1.807, 2.05) is 0 Å². The van der Waals surface area contributed by atoms with Gasteiger partial charge < -0.3 is 9.64 Å². The van der Waals surface area contributed by atoms with E-state index in [4.69, 9.17) is 4.74 Å². The van der Waals surface area contributed by atoms with Gasteiger partial charge in [-0.25, -0.2) is 8.42 Å². The topological polar surface area (TPSA) is 93.0 Å². The third kappa shape index (κ3) is 3.78. The zero-order chi connectivity index (χ0) is 18.2. The predicted octanol–water partition coefficient (Wildman–Crippen LogP) is 1.16. The van der Waals surface area contributed by atoms with Gasteiger partial charge >= 0.3 is 0 Å². The average Bonchev–Trinajstić information content (AvgIpc) is 2.96. The molecule has 2 heterocycles. The molecule has 25 heavy (non-hydrogen) atoms. The minimum atomic E-state index is -3.67. The molecule has 1 aromatic carbocycles. The highest BCUT2D eigenvalue weighted by atomic mass is 32.2. The maximum Gasteiger partial charge on any atom is 0.288 e. The van der Waals surface area contributed by atoms with E-state index >= 15 is 0 Å². The van der Waals surface area contributed by atoms with Crippen LogP contribution in [0.4, 0.5) is 11.4 Å². The monoisotopic (exact) mass is 369 g/mol. The summed E-state index contributed by atoms with van der Waals surface area (Å²) >= 11 is 0. The van der Waals surface area contributed by atoms with Crippen LogP contribution in [0.15, 0.2) is 23.1 Å². The van der Waals surface area contributed by atoms with Crippen molar-refractivity contribution in [3.05, 3.63) is 28.3 Å². The number of nitrogens with zero attached hydrogens (tertiary/aromatic N) is 3. The maximum absolute atomic E-state index is 12.0. The van der Waals surface area contributed by atoms with E-state index in [-0.39, 0.29) is 10.6 Å². The molecule has 2 unspecified atom stereocenters. The van der Waals surface area contributed by atoms with Crippen LogP contribution in [-0.2, 0) is 14.6 Å². The first-order valence-electron chi connectivity index (χ1n) is 8.32. The Balaban J connectivity index is 1.86. The van der Waals surface area contributed by atoms with Crippen molar-refractivity contribution in [1.29, 1.82) is 0 Å². The van der Waals surface area contributed by atoms with Crippen molar-refractivity contribution in [2.45, 2.75) is 17.9 Å². The van der Waals surface area contributed by atoms with Crippen LogP contribution >= 0.6 is 0 Å². The summed E-state index contributed by atoms with van der Waals surface area (Å²) in [5, 5.41) is 11.1. The lowest BCUT2D eigenvalue weighted by Crippen LogP contribution is -2.46. The largest absolute Gasteiger partial charge is 0.379 e. The van der Waals surface area contributed by atoms with Crippen molar-refractivity contribution in [3.63, 3.8) is 0 Å². The molecule has 2 aliphatic heterocycles. The lowest BCUT2D eigenvalue weighted by molar-refractivity contribution is -0.387. The molecule has 0 aromatic heterocycles. The van der Waals surface area contributed by atoms with Gasteiger partial charge in [-0.3, -0.25) is 15.0 Å². The minimum Gasteiger partial charge on any atom is -0.379 e. The van der Waals surface area contributed by atoms with Gasteiger partial charge in [-0.1, -0.05) is 6.92 Å². The van der Waals surface area contributed by atoms with E-state index in [1.54, 1.807) is 6.07 Å². The average molecular weight is 369 g/mol. The number of anilines is 1. The summed E-state index contributed by atoms with van der Waals surface area (Å²) in [6.45, 7) is 7.03. The Kier molecular flexibility index (Phi) is 4.99. The Morgan fingerprint density at radius 2 is 1.92 bits per heavy atom. The van der Waals surface area contributed by atoms with E-state index in [0.717, 1.165) is 45.6 Å². The molecule has 0 saturated carbocycles. The van der Waals surface area contributed by atoms with E-state index in [2.05, 4.69) is 16.7 Å². The van der Waals surface area contributed by atoms with Crippen molar-refractivity contribution in [2.24, 2.45) is 5.92 Å². The second-order valence-corrected chi connectivity index (χ2v) is 8.76. The first kappa shape index (κ1) is 18.1. The first-order chi connectivity index (χ1) is 11.8. The van der Waals surface area contributed by atoms with Crippen molar-refractivity contribution in [1.82, 2.24) is 4.90 Å². The van der Waals surface area contributed by atoms with Crippen molar-refractivity contribution in [3.8, 4) is 0 Å². The van der Waals surface area contributed by atoms with Crippen LogP contribution in [0.3, 0.4) is 0 Å². The number of morpholine rings is 1. The van der Waals surface area contributed by atoms with Gasteiger partial charge in [0.25, 0.3) is 5.69 Å². The van der Waals surface area contributed by atoms with E-state index in [9.17, 15) is 18.5 Å². The quantitative estimate of drug-likeness (QED) is 0.581. The van der Waals surface area contributed by atoms with E-state index in [0.29, 0.717) is 17.6 Å². The number of rotatable bonds is 4. The summed E-state index contributed by atoms with van der Waals surface area (Å²) < 4.78 is 29.3. The fourth-order valence-electron chi connectivity index (χ4n) is 3.69. The van der Waals surface area contributed by atoms with Gasteiger partial charge in [-0.2, -0.15) is 0 Å². The molecule has 138 valence electrons. The summed E-state index contributed by atoms with van der Waals surface area (Å²) in [7, 11) is -3.67. The van der Waals surface area contributed by atoms with Crippen LogP contribution in [0, 0.1) is 16.0 Å². The summed E-state index contributed by atoms with van der Waals surface area (Å²) in [4.78, 5) is 14.8. The lowest BCUT2D eigenvalue weighted by Gasteiger charge is -2.34. The number of nitro groups is 1. The molecule has 0 N–H and O–H groups in total. The highest BCUT2D eigenvalue weighted by molar-refractivity contribution is 7.90. The van der Waals surface area contributed by atoms with Gasteiger partial charge in [0, 0.05) is 50.2 Å². The Bertz CT molecular complexity index is 761. The van der Waals surface area contributed by atoms with E-state index in [1.165, 1.54) is 12.1 Å². The van der Waals surface area contributed by atoms with Crippen molar-refractivity contribution in [2.75, 3.05) is 50.5 Å². The lowest BCUT2D eigenvalue weighted by atomic mass is 10.0. The second-order valence-electron chi connectivity index (χ2n) is 6.78. The van der Waals surface area contributed by atoms with Gasteiger partial charge in [0.1, 0.15) is 4.90 Å². The zero-order valence-electron chi connectivity index (χ0n) is 14.4. The molecule has 9 heteroatoms. The van der Waals surface area contributed by atoms with E-state index < -0.39 is 14.8 Å². The van der Waals surface area contributed by atoms with Crippen LogP contribution in [-0.4, -0.2) is 69.9 Å². The number of nitro benzene ring substituents is 1. The summed E-state index contributed by atoms with van der Waals surface area (Å²) in [6, 6.07) is 4.74. The number of sulfone groups is 1. The van der Waals surface area contributed by atoms with Crippen molar-refractivity contribution < 1.29 is 18.1 Å². The zero-order valence-corrected chi connectivity index (χ0v) is 15.2. The number of benzene rings is 1. The second kappa shape index (κ2) is 6.89. The van der Waals surface area contributed by atoms with Crippen LogP contribution in [0.25, 0.3) is 0 Å². The van der Waals surface area contributed by atoms with Crippen LogP contribution in [0.5, 0.6) is 0 Å². The van der Waals surface area contributed by atoms with Gasteiger partial charge in [0.15, 0.2) is 9.84 Å². The molecular weight excluding hydrogens is 346 g/mol. The maximum atomic E-state index is 12.0. The van der Waals surface area contributed by atoms with Gasteiger partial charge in [-0.15, -0.1) is 0 Å². The van der Waals surface area contributed by atoms with Gasteiger partial charge in [0.2, 0.25) is 0 Å². The molecule has 0 amide bonds. The molecule has 0 spiro atoms. The highest BCUT2D eigenvalue weighted by Gasteiger charge is 2.35. The highest BCUT2D eigenvalue weighted by Crippen LogP contribution is 2.32. The Morgan fingerprint density at radius 3 is 2.52 bits per heavy atom. The summed E-state index contributed by atoms with van der Waals surface area (Å²) in [5.41, 5.74) is 0.344. The molecule has 3 rings (SSSR count). The normalized spacial score (nSPS) is 25.3. The van der Waals surface area contributed by atoms with Gasteiger partial charge in [-0.05, 0) is 18.1 Å².